The number of fused-ring (bicyclic) bond motifs is 1. The Balaban J connectivity index is 1.57. The van der Waals surface area contributed by atoms with Gasteiger partial charge in [-0.05, 0) is 19.1 Å². The number of rotatable bonds is 4. The van der Waals surface area contributed by atoms with E-state index in [1.807, 2.05) is 29.6 Å². The van der Waals surface area contributed by atoms with Gasteiger partial charge in [0.2, 0.25) is 5.95 Å². The van der Waals surface area contributed by atoms with Crippen LogP contribution >= 0.6 is 0 Å². The quantitative estimate of drug-likeness (QED) is 0.881. The van der Waals surface area contributed by atoms with Crippen molar-refractivity contribution >= 4 is 11.6 Å². The molecule has 6 nitrogen and oxygen atoms in total. The largest absolute Gasteiger partial charge is 0.379 e. The highest BCUT2D eigenvalue weighted by Gasteiger charge is 2.10. The summed E-state index contributed by atoms with van der Waals surface area (Å²) in [4.78, 5) is 6.84. The molecule has 0 aromatic carbocycles. The Bertz CT molecular complexity index is 547. The second kappa shape index (κ2) is 5.54. The van der Waals surface area contributed by atoms with E-state index < -0.39 is 0 Å². The molecule has 3 heterocycles. The first kappa shape index (κ1) is 12.4. The van der Waals surface area contributed by atoms with Crippen molar-refractivity contribution in [2.45, 2.75) is 6.92 Å². The normalized spacial score (nSPS) is 16.9. The summed E-state index contributed by atoms with van der Waals surface area (Å²) in [6.45, 7) is 7.59. The lowest BCUT2D eigenvalue weighted by molar-refractivity contribution is 0.0398. The van der Waals surface area contributed by atoms with Gasteiger partial charge in [-0.3, -0.25) is 4.90 Å². The fourth-order valence-corrected chi connectivity index (χ4v) is 2.26. The lowest BCUT2D eigenvalue weighted by Crippen LogP contribution is -2.39. The summed E-state index contributed by atoms with van der Waals surface area (Å²) in [5, 5.41) is 7.73. The standard InChI is InChI=1S/C13H19N5O/c1-11-3-2-4-12-15-13(16-18(11)12)14-5-6-17-7-9-19-10-8-17/h2-4H,5-10H2,1H3,(H,14,16). The molecule has 0 unspecified atom stereocenters. The molecule has 0 saturated carbocycles. The van der Waals surface area contributed by atoms with Crippen LogP contribution in [0.25, 0.3) is 5.65 Å². The highest BCUT2D eigenvalue weighted by molar-refractivity contribution is 5.44. The van der Waals surface area contributed by atoms with Crippen molar-refractivity contribution in [2.75, 3.05) is 44.7 Å². The Hall–Kier alpha value is -1.66. The van der Waals surface area contributed by atoms with Crippen molar-refractivity contribution in [3.63, 3.8) is 0 Å². The minimum absolute atomic E-state index is 0.697. The molecule has 2 aromatic rings. The SMILES string of the molecule is Cc1cccc2nc(NCCN3CCOCC3)nn12. The van der Waals surface area contributed by atoms with Crippen LogP contribution in [0.5, 0.6) is 0 Å². The summed E-state index contributed by atoms with van der Waals surface area (Å²) < 4.78 is 7.19. The monoisotopic (exact) mass is 261 g/mol. The molecule has 1 aliphatic heterocycles. The molecule has 0 bridgehead atoms. The third-order valence-corrected chi connectivity index (χ3v) is 3.36. The van der Waals surface area contributed by atoms with Gasteiger partial charge in [-0.2, -0.15) is 4.98 Å². The first-order valence-electron chi connectivity index (χ1n) is 6.69. The van der Waals surface area contributed by atoms with Crippen LogP contribution in [0.2, 0.25) is 0 Å². The van der Waals surface area contributed by atoms with Crippen LogP contribution in [0.1, 0.15) is 5.69 Å². The molecule has 19 heavy (non-hydrogen) atoms. The van der Waals surface area contributed by atoms with Crippen molar-refractivity contribution in [1.82, 2.24) is 19.5 Å². The van der Waals surface area contributed by atoms with E-state index in [4.69, 9.17) is 4.74 Å². The zero-order valence-electron chi connectivity index (χ0n) is 11.2. The second-order valence-electron chi connectivity index (χ2n) is 4.75. The molecule has 0 atom stereocenters. The Kier molecular flexibility index (Phi) is 3.61. The van der Waals surface area contributed by atoms with E-state index in [0.717, 1.165) is 50.7 Å². The molecule has 2 aromatic heterocycles. The third kappa shape index (κ3) is 2.85. The lowest BCUT2D eigenvalue weighted by atomic mass is 10.4. The molecule has 0 radical (unpaired) electrons. The van der Waals surface area contributed by atoms with E-state index in [0.29, 0.717) is 5.95 Å². The third-order valence-electron chi connectivity index (χ3n) is 3.36. The molecule has 102 valence electrons. The van der Waals surface area contributed by atoms with Crippen LogP contribution < -0.4 is 5.32 Å². The number of aromatic nitrogens is 3. The second-order valence-corrected chi connectivity index (χ2v) is 4.75. The van der Waals surface area contributed by atoms with Crippen LogP contribution in [0.15, 0.2) is 18.2 Å². The number of hydrogen-bond donors (Lipinski definition) is 1. The van der Waals surface area contributed by atoms with Crippen molar-refractivity contribution in [2.24, 2.45) is 0 Å². The van der Waals surface area contributed by atoms with Crippen molar-refractivity contribution in [3.05, 3.63) is 23.9 Å². The van der Waals surface area contributed by atoms with Gasteiger partial charge in [0.25, 0.3) is 0 Å². The van der Waals surface area contributed by atoms with Crippen molar-refractivity contribution in [3.8, 4) is 0 Å². The fraction of sp³-hybridized carbons (Fsp3) is 0.538. The molecule has 1 saturated heterocycles. The summed E-state index contributed by atoms with van der Waals surface area (Å²) in [6, 6.07) is 5.99. The number of hydrogen-bond acceptors (Lipinski definition) is 5. The number of ether oxygens (including phenoxy) is 1. The first-order valence-corrected chi connectivity index (χ1v) is 6.69. The number of nitrogens with zero attached hydrogens (tertiary/aromatic N) is 4. The zero-order chi connectivity index (χ0) is 13.1. The molecule has 0 aliphatic carbocycles. The fourth-order valence-electron chi connectivity index (χ4n) is 2.26. The predicted octanol–water partition coefficient (Wildman–Crippen LogP) is 0.782. The highest BCUT2D eigenvalue weighted by Crippen LogP contribution is 2.07. The Morgan fingerprint density at radius 2 is 2.16 bits per heavy atom. The molecule has 6 heteroatoms. The van der Waals surface area contributed by atoms with Gasteiger partial charge < -0.3 is 10.1 Å². The van der Waals surface area contributed by atoms with E-state index >= 15 is 0 Å². The topological polar surface area (TPSA) is 54.7 Å². The van der Waals surface area contributed by atoms with Crippen LogP contribution in [-0.2, 0) is 4.74 Å². The van der Waals surface area contributed by atoms with Gasteiger partial charge in [-0.25, -0.2) is 4.52 Å². The average Bonchev–Trinajstić information content (AvgIpc) is 2.84. The molecule has 1 fully saturated rings. The number of nitrogens with one attached hydrogen (secondary N) is 1. The van der Waals surface area contributed by atoms with Gasteiger partial charge in [0.1, 0.15) is 0 Å². The summed E-state index contributed by atoms with van der Waals surface area (Å²) in [6.07, 6.45) is 0. The maximum absolute atomic E-state index is 5.33. The van der Waals surface area contributed by atoms with E-state index in [1.54, 1.807) is 0 Å². The molecular weight excluding hydrogens is 242 g/mol. The van der Waals surface area contributed by atoms with Crippen molar-refractivity contribution < 1.29 is 4.74 Å². The van der Waals surface area contributed by atoms with E-state index in [1.165, 1.54) is 0 Å². The van der Waals surface area contributed by atoms with Crippen LogP contribution in [0.3, 0.4) is 0 Å². The van der Waals surface area contributed by atoms with Crippen LogP contribution in [-0.4, -0.2) is 58.9 Å². The van der Waals surface area contributed by atoms with Crippen LogP contribution in [0.4, 0.5) is 5.95 Å². The molecule has 1 N–H and O–H groups in total. The lowest BCUT2D eigenvalue weighted by Gasteiger charge is -2.26. The van der Waals surface area contributed by atoms with Gasteiger partial charge in [-0.15, -0.1) is 5.10 Å². The van der Waals surface area contributed by atoms with Gasteiger partial charge in [0.15, 0.2) is 5.65 Å². The molecule has 3 rings (SSSR count). The van der Waals surface area contributed by atoms with Gasteiger partial charge in [0, 0.05) is 31.9 Å². The Labute approximate surface area is 112 Å². The van der Waals surface area contributed by atoms with E-state index in [9.17, 15) is 0 Å². The number of pyridine rings is 1. The maximum Gasteiger partial charge on any atom is 0.243 e. The highest BCUT2D eigenvalue weighted by atomic mass is 16.5. The van der Waals surface area contributed by atoms with Gasteiger partial charge in [0.05, 0.1) is 13.2 Å². The minimum Gasteiger partial charge on any atom is -0.379 e. The van der Waals surface area contributed by atoms with E-state index in [2.05, 4.69) is 20.3 Å². The maximum atomic E-state index is 5.33. The van der Waals surface area contributed by atoms with Gasteiger partial charge >= 0.3 is 0 Å². The van der Waals surface area contributed by atoms with Crippen molar-refractivity contribution in [1.29, 1.82) is 0 Å². The average molecular weight is 261 g/mol. The minimum atomic E-state index is 0.697. The molecule has 0 spiro atoms. The zero-order valence-corrected chi connectivity index (χ0v) is 11.2. The molecule has 1 aliphatic rings. The van der Waals surface area contributed by atoms with Gasteiger partial charge in [-0.1, -0.05) is 6.07 Å². The molecule has 0 amide bonds. The predicted molar refractivity (Wildman–Crippen MR) is 73.5 cm³/mol. The molecular formula is C13H19N5O. The van der Waals surface area contributed by atoms with Crippen LogP contribution in [0, 0.1) is 6.92 Å². The smallest absolute Gasteiger partial charge is 0.243 e. The first-order chi connectivity index (χ1) is 9.33. The van der Waals surface area contributed by atoms with E-state index in [-0.39, 0.29) is 0 Å². The summed E-state index contributed by atoms with van der Waals surface area (Å²) in [5.41, 5.74) is 1.97. The Morgan fingerprint density at radius 3 is 2.95 bits per heavy atom. The Morgan fingerprint density at radius 1 is 1.32 bits per heavy atom. The summed E-state index contributed by atoms with van der Waals surface area (Å²) >= 11 is 0. The number of anilines is 1. The number of aryl methyl sites for hydroxylation is 1. The number of morpholine rings is 1. The summed E-state index contributed by atoms with van der Waals surface area (Å²) in [7, 11) is 0. The summed E-state index contributed by atoms with van der Waals surface area (Å²) in [5.74, 6) is 0.697.